The van der Waals surface area contributed by atoms with Gasteiger partial charge in [-0.3, -0.25) is 9.20 Å². The lowest BCUT2D eigenvalue weighted by atomic mass is 10.00. The van der Waals surface area contributed by atoms with E-state index >= 15 is 0 Å². The highest BCUT2D eigenvalue weighted by Gasteiger charge is 2.37. The summed E-state index contributed by atoms with van der Waals surface area (Å²) in [6.07, 6.45) is -3.13. The second-order valence-corrected chi connectivity index (χ2v) is 4.81. The fourth-order valence-electron chi connectivity index (χ4n) is 2.41. The number of nitrogens with zero attached hydrogens (tertiary/aromatic N) is 2. The lowest BCUT2D eigenvalue weighted by Gasteiger charge is -2.14. The number of carbonyl (C=O) groups is 1. The lowest BCUT2D eigenvalue weighted by Crippen LogP contribution is -2.10. The first-order valence-corrected chi connectivity index (χ1v) is 6.41. The first kappa shape index (κ1) is 15.0. The van der Waals surface area contributed by atoms with E-state index in [1.54, 1.807) is 0 Å². The Morgan fingerprint density at radius 3 is 2.57 bits per heavy atom. The standard InChI is InChI=1S/C15H9F4N3O/c16-10-3-1-2-9(13(10)15(17,18)19)8-4-5-12-21-14(20)11(7-23)22(12)6-8/h1-7H,20H2. The van der Waals surface area contributed by atoms with Crippen molar-refractivity contribution in [2.75, 3.05) is 5.73 Å². The van der Waals surface area contributed by atoms with Gasteiger partial charge in [0.15, 0.2) is 12.1 Å². The Morgan fingerprint density at radius 2 is 1.91 bits per heavy atom. The van der Waals surface area contributed by atoms with Gasteiger partial charge in [0.25, 0.3) is 0 Å². The quantitative estimate of drug-likeness (QED) is 0.579. The Balaban J connectivity index is 2.30. The molecule has 0 atom stereocenters. The van der Waals surface area contributed by atoms with Crippen molar-refractivity contribution < 1.29 is 22.4 Å². The summed E-state index contributed by atoms with van der Waals surface area (Å²) in [5.41, 5.74) is 4.29. The number of aldehydes is 1. The Bertz CT molecular complexity index is 915. The molecule has 2 aromatic heterocycles. The Kier molecular flexibility index (Phi) is 3.32. The van der Waals surface area contributed by atoms with Crippen molar-refractivity contribution in [1.82, 2.24) is 9.38 Å². The van der Waals surface area contributed by atoms with Crippen molar-refractivity contribution in [2.24, 2.45) is 0 Å². The fourth-order valence-corrected chi connectivity index (χ4v) is 2.41. The molecule has 2 heterocycles. The minimum absolute atomic E-state index is 0.0202. The molecule has 0 saturated heterocycles. The molecule has 0 aliphatic rings. The second-order valence-electron chi connectivity index (χ2n) is 4.81. The third-order valence-corrected chi connectivity index (χ3v) is 3.40. The summed E-state index contributed by atoms with van der Waals surface area (Å²) in [7, 11) is 0. The summed E-state index contributed by atoms with van der Waals surface area (Å²) in [6, 6.07) is 5.86. The SMILES string of the molecule is Nc1nc2ccc(-c3cccc(F)c3C(F)(F)F)cn2c1C=O. The minimum Gasteiger partial charge on any atom is -0.382 e. The van der Waals surface area contributed by atoms with Crippen molar-refractivity contribution >= 4 is 17.8 Å². The molecule has 0 aliphatic carbocycles. The average Bonchev–Trinajstić information content (AvgIpc) is 2.79. The molecule has 0 fully saturated rings. The number of fused-ring (bicyclic) bond motifs is 1. The van der Waals surface area contributed by atoms with Crippen molar-refractivity contribution in [2.45, 2.75) is 6.18 Å². The van der Waals surface area contributed by atoms with Crippen LogP contribution in [0.2, 0.25) is 0 Å². The average molecular weight is 323 g/mol. The molecule has 4 nitrogen and oxygen atoms in total. The number of pyridine rings is 1. The van der Waals surface area contributed by atoms with Crippen LogP contribution in [0.5, 0.6) is 0 Å². The normalized spacial score (nSPS) is 11.8. The Morgan fingerprint density at radius 1 is 1.17 bits per heavy atom. The molecule has 3 aromatic rings. The first-order valence-electron chi connectivity index (χ1n) is 6.41. The number of hydrogen-bond donors (Lipinski definition) is 1. The van der Waals surface area contributed by atoms with Crippen molar-refractivity contribution in [1.29, 1.82) is 0 Å². The van der Waals surface area contributed by atoms with E-state index in [0.29, 0.717) is 11.9 Å². The molecule has 2 N–H and O–H groups in total. The topological polar surface area (TPSA) is 60.4 Å². The molecule has 0 amide bonds. The maximum atomic E-state index is 13.7. The van der Waals surface area contributed by atoms with E-state index in [0.717, 1.165) is 12.1 Å². The number of anilines is 1. The van der Waals surface area contributed by atoms with Crippen LogP contribution in [0.1, 0.15) is 16.1 Å². The monoisotopic (exact) mass is 323 g/mol. The molecule has 118 valence electrons. The summed E-state index contributed by atoms with van der Waals surface area (Å²) < 4.78 is 54.3. The first-order chi connectivity index (χ1) is 10.8. The number of carbonyl (C=O) groups excluding carboxylic acids is 1. The Labute approximate surface area is 127 Å². The molecule has 0 radical (unpaired) electrons. The van der Waals surface area contributed by atoms with Gasteiger partial charge in [-0.15, -0.1) is 0 Å². The summed E-state index contributed by atoms with van der Waals surface area (Å²) in [4.78, 5) is 15.0. The third-order valence-electron chi connectivity index (χ3n) is 3.40. The van der Waals surface area contributed by atoms with Crippen LogP contribution in [0.4, 0.5) is 23.4 Å². The van der Waals surface area contributed by atoms with Crippen LogP contribution < -0.4 is 5.73 Å². The molecule has 1 aromatic carbocycles. The smallest absolute Gasteiger partial charge is 0.382 e. The molecule has 0 spiro atoms. The zero-order valence-electron chi connectivity index (χ0n) is 11.4. The van der Waals surface area contributed by atoms with Crippen molar-refractivity contribution in [3.05, 3.63) is 53.6 Å². The van der Waals surface area contributed by atoms with Crippen molar-refractivity contribution in [3.8, 4) is 11.1 Å². The van der Waals surface area contributed by atoms with Gasteiger partial charge in [0.1, 0.15) is 17.2 Å². The van der Waals surface area contributed by atoms with E-state index in [1.165, 1.54) is 28.8 Å². The minimum atomic E-state index is -4.85. The maximum absolute atomic E-state index is 13.7. The fraction of sp³-hybridized carbons (Fsp3) is 0.0667. The van der Waals surface area contributed by atoms with Gasteiger partial charge in [-0.1, -0.05) is 12.1 Å². The molecular weight excluding hydrogens is 314 g/mol. The molecule has 23 heavy (non-hydrogen) atoms. The molecule has 0 saturated carbocycles. The molecule has 0 aliphatic heterocycles. The Hall–Kier alpha value is -2.90. The predicted molar refractivity (Wildman–Crippen MR) is 75.4 cm³/mol. The van der Waals surface area contributed by atoms with Crippen molar-refractivity contribution in [3.63, 3.8) is 0 Å². The number of halogens is 4. The summed E-state index contributed by atoms with van der Waals surface area (Å²) in [6.45, 7) is 0. The number of benzene rings is 1. The summed E-state index contributed by atoms with van der Waals surface area (Å²) in [5.74, 6) is -1.40. The number of nitrogens with two attached hydrogens (primary N) is 1. The van der Waals surface area contributed by atoms with E-state index in [1.807, 2.05) is 0 Å². The number of imidazole rings is 1. The van der Waals surface area contributed by atoms with Crippen LogP contribution in [-0.4, -0.2) is 15.7 Å². The van der Waals surface area contributed by atoms with Crippen LogP contribution in [-0.2, 0) is 6.18 Å². The highest BCUT2D eigenvalue weighted by Crippen LogP contribution is 2.38. The van der Waals surface area contributed by atoms with Gasteiger partial charge in [-0.2, -0.15) is 13.2 Å². The van der Waals surface area contributed by atoms with Gasteiger partial charge in [-0.25, -0.2) is 9.37 Å². The van der Waals surface area contributed by atoms with Crippen LogP contribution in [0.3, 0.4) is 0 Å². The maximum Gasteiger partial charge on any atom is 0.419 e. The molecular formula is C15H9F4N3O. The number of aromatic nitrogens is 2. The number of rotatable bonds is 2. The summed E-state index contributed by atoms with van der Waals surface area (Å²) >= 11 is 0. The molecule has 0 unspecified atom stereocenters. The van der Waals surface area contributed by atoms with Crippen LogP contribution in [0.15, 0.2) is 36.5 Å². The van der Waals surface area contributed by atoms with Crippen LogP contribution in [0, 0.1) is 5.82 Å². The van der Waals surface area contributed by atoms with E-state index in [2.05, 4.69) is 4.98 Å². The molecule has 3 rings (SSSR count). The highest BCUT2D eigenvalue weighted by molar-refractivity contribution is 5.82. The van der Waals surface area contributed by atoms with Gasteiger partial charge in [0.2, 0.25) is 0 Å². The zero-order chi connectivity index (χ0) is 16.8. The van der Waals surface area contributed by atoms with E-state index in [4.69, 9.17) is 5.73 Å². The number of hydrogen-bond acceptors (Lipinski definition) is 3. The van der Waals surface area contributed by atoms with Gasteiger partial charge in [0.05, 0.1) is 5.56 Å². The van der Waals surface area contributed by atoms with Gasteiger partial charge < -0.3 is 5.73 Å². The zero-order valence-corrected chi connectivity index (χ0v) is 11.4. The van der Waals surface area contributed by atoms with Gasteiger partial charge in [-0.05, 0) is 29.3 Å². The predicted octanol–water partition coefficient (Wildman–Crippen LogP) is 3.55. The van der Waals surface area contributed by atoms with E-state index in [9.17, 15) is 22.4 Å². The lowest BCUT2D eigenvalue weighted by molar-refractivity contribution is -0.139. The van der Waals surface area contributed by atoms with E-state index in [-0.39, 0.29) is 22.6 Å². The van der Waals surface area contributed by atoms with Crippen LogP contribution in [0.25, 0.3) is 16.8 Å². The summed E-state index contributed by atoms with van der Waals surface area (Å²) in [5, 5.41) is 0. The van der Waals surface area contributed by atoms with Gasteiger partial charge in [0, 0.05) is 6.20 Å². The molecule has 0 bridgehead atoms. The van der Waals surface area contributed by atoms with Crippen LogP contribution >= 0.6 is 0 Å². The second kappa shape index (κ2) is 5.08. The highest BCUT2D eigenvalue weighted by atomic mass is 19.4. The van der Waals surface area contributed by atoms with E-state index < -0.39 is 17.6 Å². The largest absolute Gasteiger partial charge is 0.419 e. The number of nitrogen functional groups attached to an aromatic ring is 1. The van der Waals surface area contributed by atoms with Gasteiger partial charge >= 0.3 is 6.18 Å². The third kappa shape index (κ3) is 2.41. The molecule has 8 heteroatoms. The number of alkyl halides is 3.